The van der Waals surface area contributed by atoms with Gasteiger partial charge in [0.05, 0.1) is 17.3 Å². The first-order valence-electron chi connectivity index (χ1n) is 7.18. The first kappa shape index (κ1) is 16.1. The van der Waals surface area contributed by atoms with Crippen LogP contribution in [0, 0.1) is 0 Å². The van der Waals surface area contributed by atoms with Crippen molar-refractivity contribution < 1.29 is 9.53 Å². The van der Waals surface area contributed by atoms with Crippen molar-refractivity contribution in [2.75, 3.05) is 37.9 Å². The number of hydrogen-bond acceptors (Lipinski definition) is 4. The third-order valence-electron chi connectivity index (χ3n) is 3.54. The number of amides is 1. The minimum absolute atomic E-state index is 0.0373. The summed E-state index contributed by atoms with van der Waals surface area (Å²) in [6, 6.07) is 5.69. The van der Waals surface area contributed by atoms with Crippen LogP contribution in [0.1, 0.15) is 19.3 Å². The minimum Gasteiger partial charge on any atom is -0.399 e. The second-order valence-electron chi connectivity index (χ2n) is 5.30. The minimum atomic E-state index is -0.0373. The quantitative estimate of drug-likeness (QED) is 0.723. The Balaban J connectivity index is 1.80. The second-order valence-corrected chi connectivity index (χ2v) is 5.70. The molecule has 21 heavy (non-hydrogen) atoms. The standard InChI is InChI=1S/C15H22ClN3O2/c1-21-9-8-19(12-3-4-12)7-6-15(20)18-14-5-2-11(17)10-13(14)16/h2,5,10,12H,3-4,6-9,17H2,1H3,(H,18,20). The highest BCUT2D eigenvalue weighted by Crippen LogP contribution is 2.27. The van der Waals surface area contributed by atoms with Gasteiger partial charge in [-0.1, -0.05) is 11.6 Å². The Labute approximate surface area is 130 Å². The van der Waals surface area contributed by atoms with Crippen molar-refractivity contribution >= 4 is 28.9 Å². The number of benzene rings is 1. The first-order valence-corrected chi connectivity index (χ1v) is 7.56. The van der Waals surface area contributed by atoms with E-state index in [9.17, 15) is 4.79 Å². The number of nitrogens with one attached hydrogen (secondary N) is 1. The summed E-state index contributed by atoms with van der Waals surface area (Å²) in [5.74, 6) is -0.0373. The summed E-state index contributed by atoms with van der Waals surface area (Å²) >= 11 is 6.04. The molecule has 0 radical (unpaired) electrons. The van der Waals surface area contributed by atoms with Crippen molar-refractivity contribution in [1.29, 1.82) is 0 Å². The molecule has 2 rings (SSSR count). The van der Waals surface area contributed by atoms with Gasteiger partial charge in [-0.2, -0.15) is 0 Å². The van der Waals surface area contributed by atoms with Gasteiger partial charge in [0.15, 0.2) is 0 Å². The van der Waals surface area contributed by atoms with E-state index >= 15 is 0 Å². The molecule has 0 spiro atoms. The van der Waals surface area contributed by atoms with Crippen LogP contribution in [0.5, 0.6) is 0 Å². The monoisotopic (exact) mass is 311 g/mol. The van der Waals surface area contributed by atoms with Crippen LogP contribution in [0.25, 0.3) is 0 Å². The molecule has 0 aliphatic heterocycles. The number of methoxy groups -OCH3 is 1. The van der Waals surface area contributed by atoms with Crippen LogP contribution in [0.3, 0.4) is 0 Å². The van der Waals surface area contributed by atoms with Crippen LogP contribution in [0.2, 0.25) is 5.02 Å². The van der Waals surface area contributed by atoms with Crippen LogP contribution in [0.15, 0.2) is 18.2 Å². The van der Waals surface area contributed by atoms with E-state index in [0.717, 1.165) is 13.1 Å². The van der Waals surface area contributed by atoms with Gasteiger partial charge in [-0.25, -0.2) is 0 Å². The second kappa shape index (κ2) is 7.64. The van der Waals surface area contributed by atoms with Crippen LogP contribution in [0.4, 0.5) is 11.4 Å². The molecule has 1 aliphatic carbocycles. The summed E-state index contributed by atoms with van der Waals surface area (Å²) in [4.78, 5) is 14.3. The van der Waals surface area contributed by atoms with Gasteiger partial charge in [0.2, 0.25) is 5.91 Å². The van der Waals surface area contributed by atoms with E-state index in [2.05, 4.69) is 10.2 Å². The van der Waals surface area contributed by atoms with Crippen molar-refractivity contribution in [2.24, 2.45) is 0 Å². The zero-order chi connectivity index (χ0) is 15.2. The average molecular weight is 312 g/mol. The fraction of sp³-hybridized carbons (Fsp3) is 0.533. The molecule has 0 aromatic heterocycles. The number of rotatable bonds is 8. The lowest BCUT2D eigenvalue weighted by Crippen LogP contribution is -2.32. The van der Waals surface area contributed by atoms with E-state index in [4.69, 9.17) is 22.1 Å². The molecule has 1 amide bonds. The predicted octanol–water partition coefficient (Wildman–Crippen LogP) is 2.36. The lowest BCUT2D eigenvalue weighted by molar-refractivity contribution is -0.116. The van der Waals surface area contributed by atoms with Gasteiger partial charge in [0, 0.05) is 38.3 Å². The molecule has 1 aliphatic rings. The van der Waals surface area contributed by atoms with E-state index < -0.39 is 0 Å². The Morgan fingerprint density at radius 3 is 2.86 bits per heavy atom. The molecule has 3 N–H and O–H groups in total. The maximum Gasteiger partial charge on any atom is 0.225 e. The lowest BCUT2D eigenvalue weighted by atomic mass is 10.2. The van der Waals surface area contributed by atoms with Gasteiger partial charge >= 0.3 is 0 Å². The Hall–Kier alpha value is -1.30. The van der Waals surface area contributed by atoms with Crippen molar-refractivity contribution in [3.63, 3.8) is 0 Å². The first-order chi connectivity index (χ1) is 10.1. The Kier molecular flexibility index (Phi) is 5.85. The highest BCUT2D eigenvalue weighted by Gasteiger charge is 2.28. The highest BCUT2D eigenvalue weighted by atomic mass is 35.5. The molecule has 6 heteroatoms. The van der Waals surface area contributed by atoms with Crippen molar-refractivity contribution in [1.82, 2.24) is 4.90 Å². The lowest BCUT2D eigenvalue weighted by Gasteiger charge is -2.21. The van der Waals surface area contributed by atoms with E-state index in [-0.39, 0.29) is 5.91 Å². The molecule has 0 unspecified atom stereocenters. The summed E-state index contributed by atoms with van der Waals surface area (Å²) in [6.45, 7) is 2.31. The number of ether oxygens (including phenoxy) is 1. The van der Waals surface area contributed by atoms with E-state index in [0.29, 0.717) is 35.5 Å². The summed E-state index contributed by atoms with van der Waals surface area (Å²) in [5.41, 5.74) is 6.81. The van der Waals surface area contributed by atoms with Gasteiger partial charge in [-0.3, -0.25) is 9.69 Å². The number of anilines is 2. The number of nitrogens with two attached hydrogens (primary N) is 1. The van der Waals surface area contributed by atoms with Gasteiger partial charge in [-0.05, 0) is 31.0 Å². The van der Waals surface area contributed by atoms with Gasteiger partial charge < -0.3 is 15.8 Å². The molecular weight excluding hydrogens is 290 g/mol. The van der Waals surface area contributed by atoms with Gasteiger partial charge in [0.1, 0.15) is 0 Å². The normalized spacial score (nSPS) is 14.4. The zero-order valence-corrected chi connectivity index (χ0v) is 13.0. The van der Waals surface area contributed by atoms with E-state index in [1.165, 1.54) is 12.8 Å². The predicted molar refractivity (Wildman–Crippen MR) is 85.6 cm³/mol. The third kappa shape index (κ3) is 5.19. The summed E-state index contributed by atoms with van der Waals surface area (Å²) < 4.78 is 5.11. The summed E-state index contributed by atoms with van der Waals surface area (Å²) in [6.07, 6.45) is 2.88. The zero-order valence-electron chi connectivity index (χ0n) is 12.3. The molecule has 1 aromatic rings. The number of carbonyl (C=O) groups excluding carboxylic acids is 1. The number of carbonyl (C=O) groups is 1. The topological polar surface area (TPSA) is 67.6 Å². The number of hydrogen-bond donors (Lipinski definition) is 2. The number of nitrogen functional groups attached to an aromatic ring is 1. The average Bonchev–Trinajstić information content (AvgIpc) is 3.27. The summed E-state index contributed by atoms with van der Waals surface area (Å²) in [7, 11) is 1.70. The Morgan fingerprint density at radius 2 is 2.24 bits per heavy atom. The van der Waals surface area contributed by atoms with E-state index in [1.54, 1.807) is 25.3 Å². The van der Waals surface area contributed by atoms with Crippen molar-refractivity contribution in [3.8, 4) is 0 Å². The highest BCUT2D eigenvalue weighted by molar-refractivity contribution is 6.34. The number of nitrogens with zero attached hydrogens (tertiary/aromatic N) is 1. The molecule has 0 heterocycles. The van der Waals surface area contributed by atoms with E-state index in [1.807, 2.05) is 0 Å². The van der Waals surface area contributed by atoms with Crippen molar-refractivity contribution in [3.05, 3.63) is 23.2 Å². The molecule has 116 valence electrons. The maximum absolute atomic E-state index is 12.0. The number of halogens is 1. The van der Waals surface area contributed by atoms with Crippen LogP contribution in [-0.4, -0.2) is 43.7 Å². The fourth-order valence-corrected chi connectivity index (χ4v) is 2.45. The SMILES string of the molecule is COCCN(CCC(=O)Nc1ccc(N)cc1Cl)C1CC1. The van der Waals surface area contributed by atoms with Crippen LogP contribution in [-0.2, 0) is 9.53 Å². The largest absolute Gasteiger partial charge is 0.399 e. The fourth-order valence-electron chi connectivity index (χ4n) is 2.22. The van der Waals surface area contributed by atoms with Gasteiger partial charge in [-0.15, -0.1) is 0 Å². The molecule has 1 fully saturated rings. The molecule has 0 atom stereocenters. The van der Waals surface area contributed by atoms with Crippen molar-refractivity contribution in [2.45, 2.75) is 25.3 Å². The maximum atomic E-state index is 12.0. The Morgan fingerprint density at radius 1 is 1.48 bits per heavy atom. The molecule has 5 nitrogen and oxygen atoms in total. The van der Waals surface area contributed by atoms with Crippen LogP contribution >= 0.6 is 11.6 Å². The smallest absolute Gasteiger partial charge is 0.225 e. The Bertz CT molecular complexity index is 492. The third-order valence-corrected chi connectivity index (χ3v) is 3.85. The molecule has 0 bridgehead atoms. The summed E-state index contributed by atoms with van der Waals surface area (Å²) in [5, 5.41) is 3.28. The molecule has 1 aromatic carbocycles. The molecular formula is C15H22ClN3O2. The molecule has 1 saturated carbocycles. The van der Waals surface area contributed by atoms with Crippen LogP contribution < -0.4 is 11.1 Å². The molecule has 0 saturated heterocycles. The van der Waals surface area contributed by atoms with Gasteiger partial charge in [0.25, 0.3) is 0 Å².